The summed E-state index contributed by atoms with van der Waals surface area (Å²) in [6, 6.07) is 9.09. The lowest BCUT2D eigenvalue weighted by Crippen LogP contribution is -2.52. The Hall–Kier alpha value is -3.70. The largest absolute Gasteiger partial charge is 0.454 e. The summed E-state index contributed by atoms with van der Waals surface area (Å²) in [7, 11) is 0. The van der Waals surface area contributed by atoms with Crippen LogP contribution in [-0.4, -0.2) is 41.3 Å². The van der Waals surface area contributed by atoms with E-state index in [9.17, 15) is 18.4 Å². The lowest BCUT2D eigenvalue weighted by atomic mass is 9.99. The number of urea groups is 1. The Bertz CT molecular complexity index is 1430. The highest BCUT2D eigenvalue weighted by Gasteiger charge is 2.47. The van der Waals surface area contributed by atoms with Gasteiger partial charge in [-0.25, -0.2) is 18.6 Å². The van der Waals surface area contributed by atoms with Gasteiger partial charge in [0.25, 0.3) is 0 Å². The van der Waals surface area contributed by atoms with Crippen LogP contribution < -0.4 is 25.6 Å². The average molecular weight is 538 g/mol. The number of nitrogens with zero attached hydrogens (tertiary/aromatic N) is 2. The lowest BCUT2D eigenvalue weighted by molar-refractivity contribution is -0.121. The fraction of sp³-hybridized carbons (Fsp3) is 0.296. The summed E-state index contributed by atoms with van der Waals surface area (Å²) >= 11 is 1.36. The third kappa shape index (κ3) is 4.45. The highest BCUT2D eigenvalue weighted by atomic mass is 32.2. The number of aromatic nitrogens is 1. The van der Waals surface area contributed by atoms with Crippen LogP contribution in [0, 0.1) is 18.6 Å². The van der Waals surface area contributed by atoms with Crippen LogP contribution in [-0.2, 0) is 4.79 Å². The van der Waals surface area contributed by atoms with Gasteiger partial charge in [0, 0.05) is 30.4 Å². The molecule has 0 saturated carbocycles. The van der Waals surface area contributed by atoms with Crippen molar-refractivity contribution >= 4 is 35.1 Å². The van der Waals surface area contributed by atoms with Crippen LogP contribution in [0.25, 0.3) is 0 Å². The third-order valence-electron chi connectivity index (χ3n) is 6.94. The highest BCUT2D eigenvalue weighted by molar-refractivity contribution is 8.01. The summed E-state index contributed by atoms with van der Waals surface area (Å²) in [5, 5.41) is 9.64. The smallest absolute Gasteiger partial charge is 0.327 e. The van der Waals surface area contributed by atoms with Gasteiger partial charge in [-0.05, 0) is 68.3 Å². The van der Waals surface area contributed by atoms with Crippen molar-refractivity contribution in [1.82, 2.24) is 20.9 Å². The van der Waals surface area contributed by atoms with E-state index in [2.05, 4.69) is 20.9 Å². The molecule has 196 valence electrons. The van der Waals surface area contributed by atoms with E-state index in [1.165, 1.54) is 17.8 Å². The Kier molecular flexibility index (Phi) is 6.40. The molecular formula is C27H25F2N5O3S. The number of nitrogens with one attached hydrogen (secondary N) is 3. The maximum atomic E-state index is 14.1. The minimum Gasteiger partial charge on any atom is -0.454 e. The van der Waals surface area contributed by atoms with Crippen LogP contribution in [0.1, 0.15) is 30.0 Å². The molecule has 6 rings (SSSR count). The van der Waals surface area contributed by atoms with Gasteiger partial charge in [0.1, 0.15) is 21.8 Å². The van der Waals surface area contributed by atoms with E-state index in [0.29, 0.717) is 27.7 Å². The molecule has 11 heteroatoms. The zero-order chi connectivity index (χ0) is 26.4. The van der Waals surface area contributed by atoms with Gasteiger partial charge in [0.2, 0.25) is 5.91 Å². The van der Waals surface area contributed by atoms with Gasteiger partial charge >= 0.3 is 6.03 Å². The van der Waals surface area contributed by atoms with Gasteiger partial charge < -0.3 is 20.7 Å². The molecule has 0 spiro atoms. The van der Waals surface area contributed by atoms with E-state index in [-0.39, 0.29) is 23.7 Å². The molecule has 2 aromatic carbocycles. The molecule has 3 aliphatic heterocycles. The van der Waals surface area contributed by atoms with Crippen LogP contribution in [0.2, 0.25) is 0 Å². The second kappa shape index (κ2) is 9.88. The number of anilines is 2. The first-order valence-corrected chi connectivity index (χ1v) is 13.3. The predicted molar refractivity (Wildman–Crippen MR) is 139 cm³/mol. The van der Waals surface area contributed by atoms with Crippen molar-refractivity contribution < 1.29 is 23.1 Å². The molecule has 3 amide bonds. The molecular weight excluding hydrogens is 512 g/mol. The molecule has 38 heavy (non-hydrogen) atoms. The van der Waals surface area contributed by atoms with Gasteiger partial charge in [-0.2, -0.15) is 0 Å². The molecule has 1 fully saturated rings. The number of amides is 3. The van der Waals surface area contributed by atoms with Crippen molar-refractivity contribution in [2.75, 3.05) is 18.0 Å². The number of thioether (sulfide) groups is 1. The molecule has 3 N–H and O–H groups in total. The molecule has 4 heterocycles. The molecule has 0 radical (unpaired) electrons. The van der Waals surface area contributed by atoms with Crippen molar-refractivity contribution in [3.63, 3.8) is 0 Å². The summed E-state index contributed by atoms with van der Waals surface area (Å²) < 4.78 is 32.9. The van der Waals surface area contributed by atoms with E-state index in [0.717, 1.165) is 43.6 Å². The van der Waals surface area contributed by atoms with Gasteiger partial charge in [-0.15, -0.1) is 0 Å². The summed E-state index contributed by atoms with van der Waals surface area (Å²) in [6.07, 6.45) is 3.56. The number of hydrogen-bond acceptors (Lipinski definition) is 6. The van der Waals surface area contributed by atoms with Crippen LogP contribution in [0.4, 0.5) is 25.0 Å². The molecule has 2 unspecified atom stereocenters. The van der Waals surface area contributed by atoms with Crippen LogP contribution in [0.5, 0.6) is 11.5 Å². The molecule has 1 aromatic heterocycles. The number of hydrogen-bond donors (Lipinski definition) is 3. The summed E-state index contributed by atoms with van der Waals surface area (Å²) in [6.45, 7) is 3.50. The minimum atomic E-state index is -0.809. The Morgan fingerprint density at radius 2 is 2.05 bits per heavy atom. The lowest BCUT2D eigenvalue weighted by Gasteiger charge is -2.35. The quantitative estimate of drug-likeness (QED) is 0.437. The molecule has 3 aromatic rings. The fourth-order valence-corrected chi connectivity index (χ4v) is 6.39. The molecule has 3 aliphatic rings. The Morgan fingerprint density at radius 3 is 2.82 bits per heavy atom. The van der Waals surface area contributed by atoms with Crippen molar-refractivity contribution in [1.29, 1.82) is 0 Å². The van der Waals surface area contributed by atoms with E-state index >= 15 is 0 Å². The molecule has 8 nitrogen and oxygen atoms in total. The number of ether oxygens (including phenoxy) is 1. The predicted octanol–water partition coefficient (Wildman–Crippen LogP) is 4.71. The van der Waals surface area contributed by atoms with Gasteiger partial charge in [0.05, 0.1) is 17.4 Å². The number of carbonyl (C=O) groups is 2. The van der Waals surface area contributed by atoms with Crippen LogP contribution in [0.15, 0.2) is 53.7 Å². The molecule has 0 aliphatic carbocycles. The molecule has 3 atom stereocenters. The monoisotopic (exact) mass is 537 g/mol. The van der Waals surface area contributed by atoms with E-state index in [1.54, 1.807) is 35.4 Å². The maximum absolute atomic E-state index is 14.1. The van der Waals surface area contributed by atoms with Crippen molar-refractivity contribution in [2.24, 2.45) is 0 Å². The minimum absolute atomic E-state index is 0.0653. The summed E-state index contributed by atoms with van der Waals surface area (Å²) in [4.78, 5) is 32.7. The zero-order valence-corrected chi connectivity index (χ0v) is 21.3. The maximum Gasteiger partial charge on any atom is 0.327 e. The number of carbonyl (C=O) groups excluding carboxylic acids is 2. The van der Waals surface area contributed by atoms with Crippen molar-refractivity contribution in [3.05, 3.63) is 71.4 Å². The van der Waals surface area contributed by atoms with Crippen molar-refractivity contribution in [3.8, 4) is 11.5 Å². The summed E-state index contributed by atoms with van der Waals surface area (Å²) in [5.41, 5.74) is 2.78. The highest BCUT2D eigenvalue weighted by Crippen LogP contribution is 2.51. The number of rotatable bonds is 5. The number of piperidine rings is 1. The molecule has 0 bridgehead atoms. The Labute approximate surface area is 222 Å². The first-order valence-electron chi connectivity index (χ1n) is 12.4. The normalized spacial score (nSPS) is 22.0. The Morgan fingerprint density at radius 1 is 1.18 bits per heavy atom. The van der Waals surface area contributed by atoms with Gasteiger partial charge in [-0.3, -0.25) is 9.69 Å². The Balaban J connectivity index is 1.27. The average Bonchev–Trinajstić information content (AvgIpc) is 3.27. The van der Waals surface area contributed by atoms with Crippen LogP contribution in [0.3, 0.4) is 0 Å². The van der Waals surface area contributed by atoms with Gasteiger partial charge in [-0.1, -0.05) is 11.8 Å². The van der Waals surface area contributed by atoms with Crippen LogP contribution >= 0.6 is 11.8 Å². The van der Waals surface area contributed by atoms with Crippen molar-refractivity contribution in [2.45, 2.75) is 42.1 Å². The zero-order valence-electron chi connectivity index (χ0n) is 20.5. The molecule has 1 saturated heterocycles. The second-order valence-electron chi connectivity index (χ2n) is 9.53. The first kappa shape index (κ1) is 24.6. The van der Waals surface area contributed by atoms with E-state index < -0.39 is 22.9 Å². The number of halogens is 2. The topological polar surface area (TPSA) is 95.6 Å². The number of pyridine rings is 1. The second-order valence-corrected chi connectivity index (χ2v) is 10.7. The van der Waals surface area contributed by atoms with E-state index in [4.69, 9.17) is 4.74 Å². The third-order valence-corrected chi connectivity index (χ3v) is 8.23. The first-order chi connectivity index (χ1) is 18.4. The number of aryl methyl sites for hydroxylation is 1. The summed E-state index contributed by atoms with van der Waals surface area (Å²) in [5.74, 6) is -1.37. The number of benzene rings is 2. The fourth-order valence-electron chi connectivity index (χ4n) is 5.15. The standard InChI is InChI=1S/C27H25F2N5O3S/c1-14-11-17(37-21-7-4-15(28)12-18(21)29)5-6-19(14)34-20-8-10-31-26-22(20)23(33-27(34)36)24(38-26)25(35)32-16-3-2-9-30-13-16/h4-8,10-12,16,23-24,30H,2-3,9,13H2,1H3,(H,32,35)(H,33,36)/t16?,23?,24-/m1/s1. The van der Waals surface area contributed by atoms with E-state index in [1.807, 2.05) is 6.92 Å². The SMILES string of the molecule is Cc1cc(Oc2ccc(F)cc2F)ccc1N1C(=O)NC2c3c1ccnc3S[C@H]2C(=O)NC1CCCNC1. The van der Waals surface area contributed by atoms with Gasteiger partial charge in [0.15, 0.2) is 11.6 Å².